The number of phenols is 1. The minimum absolute atomic E-state index is 0.0416. The Balaban J connectivity index is 0.000000577. The summed E-state index contributed by atoms with van der Waals surface area (Å²) >= 11 is 1.84. The molecule has 0 heterocycles. The van der Waals surface area contributed by atoms with E-state index >= 15 is 0 Å². The second-order valence-corrected chi connectivity index (χ2v) is 6.98. The fraction of sp³-hybridized carbons (Fsp3) is 0.300. The number of aromatic hydroxyl groups is 1. The smallest absolute Gasteiger partial charge is 0.502 e. The summed E-state index contributed by atoms with van der Waals surface area (Å²) in [4.78, 5) is 17.3. The van der Waals surface area contributed by atoms with Crippen LogP contribution in [0.4, 0.5) is 43.9 Å². The lowest BCUT2D eigenvalue weighted by atomic mass is 10.3. The van der Waals surface area contributed by atoms with Gasteiger partial charge in [0.2, 0.25) is 0 Å². The van der Waals surface area contributed by atoms with Crippen LogP contribution in [0.1, 0.15) is 13.8 Å². The molecule has 0 aliphatic carbocycles. The van der Waals surface area contributed by atoms with Gasteiger partial charge in [-0.3, -0.25) is 0 Å². The quantitative estimate of drug-likeness (QED) is 0.185. The number of hydrogen-bond acceptors (Lipinski definition) is 6. The summed E-state index contributed by atoms with van der Waals surface area (Å²) in [6, 6.07) is 1.37. The maximum absolute atomic E-state index is 13.0. The predicted molar refractivity (Wildman–Crippen MR) is 107 cm³/mol. The highest BCUT2D eigenvalue weighted by Gasteiger charge is 2.44. The van der Waals surface area contributed by atoms with Crippen molar-refractivity contribution in [3.05, 3.63) is 59.2 Å². The van der Waals surface area contributed by atoms with E-state index in [-0.39, 0.29) is 25.3 Å². The van der Waals surface area contributed by atoms with E-state index in [2.05, 4.69) is 14.2 Å². The van der Waals surface area contributed by atoms with Gasteiger partial charge in [-0.05, 0) is 13.8 Å². The first kappa shape index (κ1) is 33.8. The van der Waals surface area contributed by atoms with Crippen molar-refractivity contribution in [3.63, 3.8) is 0 Å². The van der Waals surface area contributed by atoms with E-state index in [0.29, 0.717) is 12.1 Å². The number of carbonyl (C=O) groups is 2. The van der Waals surface area contributed by atoms with Gasteiger partial charge in [-0.25, -0.2) is 35.9 Å². The van der Waals surface area contributed by atoms with Crippen LogP contribution in [-0.2, 0) is 19.1 Å². The monoisotopic (exact) mass is 620 g/mol. The van der Waals surface area contributed by atoms with E-state index < -0.39 is 69.3 Å². The summed E-state index contributed by atoms with van der Waals surface area (Å²) in [6.45, 7) is 2.37. The van der Waals surface area contributed by atoms with E-state index in [9.17, 15) is 53.5 Å². The normalized spacial score (nSPS) is 10.8. The van der Waals surface area contributed by atoms with E-state index in [4.69, 9.17) is 5.11 Å². The molecule has 0 aliphatic rings. The second-order valence-electron chi connectivity index (χ2n) is 5.98. The average molecular weight is 621 g/mol. The highest BCUT2D eigenvalue weighted by atomic mass is 79.9. The minimum Gasteiger partial charge on any atom is -0.508 e. The van der Waals surface area contributed by atoms with E-state index in [0.717, 1.165) is 0 Å². The van der Waals surface area contributed by atoms with Gasteiger partial charge in [-0.15, -0.1) is 0 Å². The molecular weight excluding hydrogens is 606 g/mol. The van der Waals surface area contributed by atoms with Gasteiger partial charge in [0.25, 0.3) is 0 Å². The van der Waals surface area contributed by atoms with Gasteiger partial charge in [0.05, 0.1) is 13.2 Å². The number of alkyl halides is 5. The number of carbonyl (C=O) groups excluding carboxylic acids is 2. The first-order chi connectivity index (χ1) is 16.9. The lowest BCUT2D eigenvalue weighted by molar-refractivity contribution is -0.216. The Bertz CT molecular complexity index is 1030. The Hall–Kier alpha value is -3.24. The maximum Gasteiger partial charge on any atom is 0.502 e. The molecule has 1 N–H and O–H groups in total. The molecule has 2 aromatic rings. The number of halogens is 11. The number of phenolic OH excluding ortho intramolecular Hbond substituents is 1. The molecule has 2 rings (SSSR count). The van der Waals surface area contributed by atoms with Crippen molar-refractivity contribution in [2.24, 2.45) is 0 Å². The third kappa shape index (κ3) is 11.6. The third-order valence-corrected chi connectivity index (χ3v) is 3.52. The van der Waals surface area contributed by atoms with Crippen LogP contribution in [0.3, 0.4) is 0 Å². The number of ether oxygens (including phenoxy) is 3. The lowest BCUT2D eigenvalue weighted by Gasteiger charge is -2.16. The zero-order valence-corrected chi connectivity index (χ0v) is 20.0. The molecule has 37 heavy (non-hydrogen) atoms. The fourth-order valence-electron chi connectivity index (χ4n) is 1.75. The SMILES string of the molecule is CCOC(=O)C(F)(F)Br.CCOC(=O)C(F)(F)Oc1cc(F)c(F)c(F)c1.Oc1cc(F)c(F)c(F)c1. The molecular formula is C20H15BrF10O6. The van der Waals surface area contributed by atoms with E-state index in [1.807, 2.05) is 15.9 Å². The molecule has 0 unspecified atom stereocenters. The molecule has 0 atom stereocenters. The average Bonchev–Trinajstić information content (AvgIpc) is 2.76. The molecule has 2 aromatic carbocycles. The number of esters is 2. The summed E-state index contributed by atoms with van der Waals surface area (Å²) in [5, 5.41) is 8.47. The van der Waals surface area contributed by atoms with Crippen molar-refractivity contribution in [1.82, 2.24) is 0 Å². The molecule has 0 saturated heterocycles. The first-order valence-corrected chi connectivity index (χ1v) is 10.1. The van der Waals surface area contributed by atoms with Crippen LogP contribution in [-0.4, -0.2) is 41.2 Å². The minimum atomic E-state index is -4.42. The van der Waals surface area contributed by atoms with Crippen molar-refractivity contribution in [1.29, 1.82) is 0 Å². The molecule has 0 spiro atoms. The molecule has 17 heteroatoms. The van der Waals surface area contributed by atoms with Crippen molar-refractivity contribution in [2.75, 3.05) is 13.2 Å². The van der Waals surface area contributed by atoms with Crippen molar-refractivity contribution in [2.45, 2.75) is 24.8 Å². The van der Waals surface area contributed by atoms with Gasteiger partial charge in [0, 0.05) is 40.2 Å². The van der Waals surface area contributed by atoms with Gasteiger partial charge < -0.3 is 19.3 Å². The van der Waals surface area contributed by atoms with Crippen molar-refractivity contribution >= 4 is 27.9 Å². The Morgan fingerprint density at radius 2 is 1.11 bits per heavy atom. The first-order valence-electron chi connectivity index (χ1n) is 9.33. The molecule has 208 valence electrons. The zero-order valence-electron chi connectivity index (χ0n) is 18.4. The maximum atomic E-state index is 13.0. The molecule has 0 amide bonds. The summed E-state index contributed by atoms with van der Waals surface area (Å²) in [5.41, 5.74) is 0. The van der Waals surface area contributed by atoms with Crippen LogP contribution in [0.2, 0.25) is 0 Å². The molecule has 0 aromatic heterocycles. The van der Waals surface area contributed by atoms with Crippen LogP contribution in [0.5, 0.6) is 11.5 Å². The molecule has 0 bridgehead atoms. The standard InChI is InChI=1S/C10H7F5O3.C6H3F3O.C4H5BrF2O2/c1-2-17-9(16)10(14,15)18-5-3-6(11)8(13)7(12)4-5;7-4-1-3(10)2-5(8)6(4)9;1-2-9-3(8)4(5,6)7/h3-4H,2H2,1H3;1-2,10H;2H2,1H3. The van der Waals surface area contributed by atoms with Crippen LogP contribution < -0.4 is 4.74 Å². The largest absolute Gasteiger partial charge is 0.508 e. The Kier molecular flexibility index (Phi) is 13.2. The topological polar surface area (TPSA) is 82.1 Å². The summed E-state index contributed by atoms with van der Waals surface area (Å²) in [6.07, 6.45) is -4.42. The van der Waals surface area contributed by atoms with Crippen LogP contribution in [0.25, 0.3) is 0 Å². The van der Waals surface area contributed by atoms with Crippen molar-refractivity contribution < 1.29 is 72.8 Å². The summed E-state index contributed by atoms with van der Waals surface area (Å²) in [5.74, 6) is -14.9. The van der Waals surface area contributed by atoms with Gasteiger partial charge in [0.15, 0.2) is 34.9 Å². The molecule has 6 nitrogen and oxygen atoms in total. The predicted octanol–water partition coefficient (Wildman–Crippen LogP) is 5.99. The molecule has 0 fully saturated rings. The number of benzene rings is 2. The molecule has 0 saturated carbocycles. The Morgan fingerprint density at radius 3 is 1.43 bits per heavy atom. The number of hydrogen-bond donors (Lipinski definition) is 1. The van der Waals surface area contributed by atoms with Crippen LogP contribution in [0.15, 0.2) is 24.3 Å². The van der Waals surface area contributed by atoms with Crippen LogP contribution >= 0.6 is 15.9 Å². The van der Waals surface area contributed by atoms with Gasteiger partial charge in [-0.2, -0.15) is 17.6 Å². The lowest BCUT2D eigenvalue weighted by Crippen LogP contribution is -2.37. The van der Waals surface area contributed by atoms with Gasteiger partial charge >= 0.3 is 22.9 Å². The molecule has 0 aliphatic heterocycles. The highest BCUT2D eigenvalue weighted by Crippen LogP contribution is 2.26. The zero-order chi connectivity index (χ0) is 29.1. The van der Waals surface area contributed by atoms with Crippen LogP contribution in [0, 0.1) is 34.9 Å². The fourth-order valence-corrected chi connectivity index (χ4v) is 1.87. The van der Waals surface area contributed by atoms with Gasteiger partial charge in [-0.1, -0.05) is 0 Å². The van der Waals surface area contributed by atoms with Gasteiger partial charge in [0.1, 0.15) is 11.5 Å². The Morgan fingerprint density at radius 1 is 0.757 bits per heavy atom. The third-order valence-electron chi connectivity index (χ3n) is 3.19. The molecule has 0 radical (unpaired) electrons. The highest BCUT2D eigenvalue weighted by molar-refractivity contribution is 9.10. The Labute approximate surface area is 209 Å². The van der Waals surface area contributed by atoms with Crippen molar-refractivity contribution in [3.8, 4) is 11.5 Å². The summed E-state index contributed by atoms with van der Waals surface area (Å²) in [7, 11) is 0. The van der Waals surface area contributed by atoms with E-state index in [1.54, 1.807) is 0 Å². The second kappa shape index (κ2) is 14.5. The number of rotatable bonds is 6. The summed E-state index contributed by atoms with van der Waals surface area (Å²) < 4.78 is 135. The van der Waals surface area contributed by atoms with E-state index in [1.165, 1.54) is 13.8 Å².